The van der Waals surface area contributed by atoms with Crippen LogP contribution in [0.1, 0.15) is 27.2 Å². The quantitative estimate of drug-likeness (QED) is 0.636. The molecule has 4 nitrogen and oxygen atoms in total. The third kappa shape index (κ3) is 4.75. The van der Waals surface area contributed by atoms with Gasteiger partial charge in [0.15, 0.2) is 0 Å². The van der Waals surface area contributed by atoms with Gasteiger partial charge in [0, 0.05) is 5.69 Å². The second-order valence-corrected chi connectivity index (χ2v) is 6.13. The van der Waals surface area contributed by atoms with Gasteiger partial charge in [0.2, 0.25) is 0 Å². The average molecular weight is 374 g/mol. The number of rotatable bonds is 5. The molecule has 3 aromatic rings. The SMILES string of the molecule is Cc1oncc1C(=O)N(Cc1ccccc1)c1cccc(CC(F)(F)F)c1. The minimum atomic E-state index is -4.32. The highest BCUT2D eigenvalue weighted by Gasteiger charge is 2.28. The molecule has 3 rings (SSSR count). The van der Waals surface area contributed by atoms with Crippen molar-refractivity contribution in [2.24, 2.45) is 0 Å². The third-order valence-electron chi connectivity index (χ3n) is 4.04. The number of benzene rings is 2. The number of hydrogen-bond donors (Lipinski definition) is 0. The van der Waals surface area contributed by atoms with Crippen LogP contribution in [0, 0.1) is 6.92 Å². The lowest BCUT2D eigenvalue weighted by molar-refractivity contribution is -0.127. The second-order valence-electron chi connectivity index (χ2n) is 6.13. The molecule has 0 unspecified atom stereocenters. The van der Waals surface area contributed by atoms with Crippen LogP contribution >= 0.6 is 0 Å². The second kappa shape index (κ2) is 7.65. The lowest BCUT2D eigenvalue weighted by Crippen LogP contribution is -2.30. The number of aryl methyl sites for hydroxylation is 1. The van der Waals surface area contributed by atoms with Crippen LogP contribution in [0.5, 0.6) is 0 Å². The molecule has 0 saturated heterocycles. The maximum absolute atomic E-state index is 13.0. The van der Waals surface area contributed by atoms with Gasteiger partial charge in [-0.25, -0.2) is 0 Å². The van der Waals surface area contributed by atoms with Crippen LogP contribution in [0.3, 0.4) is 0 Å². The van der Waals surface area contributed by atoms with Gasteiger partial charge in [-0.15, -0.1) is 0 Å². The van der Waals surface area contributed by atoms with Gasteiger partial charge in [0.1, 0.15) is 11.3 Å². The summed E-state index contributed by atoms with van der Waals surface area (Å²) < 4.78 is 43.2. The Hall–Kier alpha value is -3.09. The Bertz CT molecular complexity index is 920. The molecule has 0 aliphatic rings. The first kappa shape index (κ1) is 18.7. The molecule has 1 amide bonds. The van der Waals surface area contributed by atoms with Crippen LogP contribution in [0.2, 0.25) is 0 Å². The third-order valence-corrected chi connectivity index (χ3v) is 4.04. The zero-order valence-corrected chi connectivity index (χ0v) is 14.5. The van der Waals surface area contributed by atoms with Crippen LogP contribution in [-0.4, -0.2) is 17.2 Å². The van der Waals surface area contributed by atoms with Crippen molar-refractivity contribution < 1.29 is 22.5 Å². The average Bonchev–Trinajstić information content (AvgIpc) is 3.05. The first-order chi connectivity index (χ1) is 12.8. The molecular formula is C20H17F3N2O2. The minimum Gasteiger partial charge on any atom is -0.361 e. The fourth-order valence-corrected chi connectivity index (χ4v) is 2.76. The molecule has 0 aliphatic heterocycles. The molecule has 140 valence electrons. The van der Waals surface area contributed by atoms with Gasteiger partial charge in [0.05, 0.1) is 19.2 Å². The van der Waals surface area contributed by atoms with E-state index in [0.29, 0.717) is 11.4 Å². The highest BCUT2D eigenvalue weighted by atomic mass is 19.4. The van der Waals surface area contributed by atoms with Crippen LogP contribution in [0.25, 0.3) is 0 Å². The number of aromatic nitrogens is 1. The summed E-state index contributed by atoms with van der Waals surface area (Å²) in [5, 5.41) is 3.62. The molecule has 0 radical (unpaired) electrons. The molecule has 0 spiro atoms. The van der Waals surface area contributed by atoms with Crippen molar-refractivity contribution in [3.05, 3.63) is 83.2 Å². The van der Waals surface area contributed by atoms with Crippen LogP contribution in [-0.2, 0) is 13.0 Å². The first-order valence-corrected chi connectivity index (χ1v) is 8.26. The van der Waals surface area contributed by atoms with Gasteiger partial charge in [-0.05, 0) is 30.2 Å². The first-order valence-electron chi connectivity index (χ1n) is 8.26. The molecule has 1 aromatic heterocycles. The Morgan fingerprint density at radius 3 is 2.41 bits per heavy atom. The van der Waals surface area contributed by atoms with Crippen molar-refractivity contribution in [2.75, 3.05) is 4.90 Å². The molecule has 0 aliphatic carbocycles. The smallest absolute Gasteiger partial charge is 0.361 e. The topological polar surface area (TPSA) is 46.3 Å². The van der Waals surface area contributed by atoms with E-state index >= 15 is 0 Å². The number of carbonyl (C=O) groups excluding carboxylic acids is 1. The zero-order chi connectivity index (χ0) is 19.4. The van der Waals surface area contributed by atoms with Gasteiger partial charge >= 0.3 is 6.18 Å². The van der Waals surface area contributed by atoms with Crippen LogP contribution in [0.15, 0.2) is 65.3 Å². The number of amides is 1. The van der Waals surface area contributed by atoms with Crippen molar-refractivity contribution >= 4 is 11.6 Å². The Balaban J connectivity index is 1.98. The van der Waals surface area contributed by atoms with E-state index < -0.39 is 12.6 Å². The number of anilines is 1. The zero-order valence-electron chi connectivity index (χ0n) is 14.5. The van der Waals surface area contributed by atoms with Crippen molar-refractivity contribution in [1.29, 1.82) is 0 Å². The van der Waals surface area contributed by atoms with Crippen molar-refractivity contribution in [3.63, 3.8) is 0 Å². The van der Waals surface area contributed by atoms with E-state index in [0.717, 1.165) is 5.56 Å². The van der Waals surface area contributed by atoms with Crippen LogP contribution < -0.4 is 4.90 Å². The fraction of sp³-hybridized carbons (Fsp3) is 0.200. The predicted molar refractivity (Wildman–Crippen MR) is 94.4 cm³/mol. The molecule has 1 heterocycles. The van der Waals surface area contributed by atoms with Crippen LogP contribution in [0.4, 0.5) is 18.9 Å². The maximum atomic E-state index is 13.0. The van der Waals surface area contributed by atoms with Crippen molar-refractivity contribution in [1.82, 2.24) is 5.16 Å². The van der Waals surface area contributed by atoms with Gasteiger partial charge in [-0.2, -0.15) is 13.2 Å². The van der Waals surface area contributed by atoms with Crippen molar-refractivity contribution in [3.8, 4) is 0 Å². The summed E-state index contributed by atoms with van der Waals surface area (Å²) in [6, 6.07) is 15.1. The Morgan fingerprint density at radius 1 is 1.07 bits per heavy atom. The molecule has 0 fully saturated rings. The lowest BCUT2D eigenvalue weighted by atomic mass is 10.1. The standard InChI is InChI=1S/C20H17F3N2O2/c1-14-18(12-24-27-14)19(26)25(13-15-6-3-2-4-7-15)17-9-5-8-16(10-17)11-20(21,22)23/h2-10,12H,11,13H2,1H3. The largest absolute Gasteiger partial charge is 0.393 e. The van der Waals surface area contributed by atoms with Crippen molar-refractivity contribution in [2.45, 2.75) is 26.1 Å². The van der Waals surface area contributed by atoms with E-state index in [4.69, 9.17) is 4.52 Å². The summed E-state index contributed by atoms with van der Waals surface area (Å²) in [4.78, 5) is 14.5. The summed E-state index contributed by atoms with van der Waals surface area (Å²) in [5.74, 6) is -0.0359. The van der Waals surface area contributed by atoms with E-state index in [1.165, 1.54) is 29.3 Å². The summed E-state index contributed by atoms with van der Waals surface area (Å²) in [5.41, 5.74) is 1.59. The predicted octanol–water partition coefficient (Wildman–Crippen LogP) is 4.93. The Morgan fingerprint density at radius 2 is 1.78 bits per heavy atom. The molecule has 0 bridgehead atoms. The highest BCUT2D eigenvalue weighted by Crippen LogP contribution is 2.26. The summed E-state index contributed by atoms with van der Waals surface area (Å²) in [6.45, 7) is 1.82. The van der Waals surface area contributed by atoms with Gasteiger partial charge < -0.3 is 9.42 Å². The minimum absolute atomic E-state index is 0.0907. The molecule has 2 aromatic carbocycles. The number of halogens is 3. The molecule has 7 heteroatoms. The number of hydrogen-bond acceptors (Lipinski definition) is 3. The van der Waals surface area contributed by atoms with E-state index in [-0.39, 0.29) is 23.6 Å². The number of carbonyl (C=O) groups is 1. The van der Waals surface area contributed by atoms with E-state index in [1.807, 2.05) is 30.3 Å². The van der Waals surface area contributed by atoms with Gasteiger partial charge in [0.25, 0.3) is 5.91 Å². The number of nitrogens with zero attached hydrogens (tertiary/aromatic N) is 2. The van der Waals surface area contributed by atoms with E-state index in [1.54, 1.807) is 13.0 Å². The van der Waals surface area contributed by atoms with E-state index in [9.17, 15) is 18.0 Å². The normalized spacial score (nSPS) is 11.4. The molecule has 0 saturated carbocycles. The fourth-order valence-electron chi connectivity index (χ4n) is 2.76. The molecule has 27 heavy (non-hydrogen) atoms. The maximum Gasteiger partial charge on any atom is 0.393 e. The molecule has 0 atom stereocenters. The summed E-state index contributed by atoms with van der Waals surface area (Å²) in [6.07, 6.45) is -4.06. The Kier molecular flexibility index (Phi) is 5.30. The summed E-state index contributed by atoms with van der Waals surface area (Å²) in [7, 11) is 0. The van der Waals surface area contributed by atoms with E-state index in [2.05, 4.69) is 5.16 Å². The van der Waals surface area contributed by atoms with Gasteiger partial charge in [-0.1, -0.05) is 47.6 Å². The lowest BCUT2D eigenvalue weighted by Gasteiger charge is -2.23. The monoisotopic (exact) mass is 374 g/mol. The molecular weight excluding hydrogens is 357 g/mol. The number of alkyl halides is 3. The highest BCUT2D eigenvalue weighted by molar-refractivity contribution is 6.06. The molecule has 0 N–H and O–H groups in total. The Labute approximate surface area is 154 Å². The summed E-state index contributed by atoms with van der Waals surface area (Å²) >= 11 is 0. The van der Waals surface area contributed by atoms with Gasteiger partial charge in [-0.3, -0.25) is 4.79 Å².